The number of imidazole rings is 1. The number of Topliss-reactive ketones (excluding diaryl/α,β-unsaturated/α-hetero) is 1. The molecule has 2 aromatic heterocycles. The summed E-state index contributed by atoms with van der Waals surface area (Å²) >= 11 is 0. The Morgan fingerprint density at radius 1 is 1.30 bits per heavy atom. The average molecular weight is 448 g/mol. The van der Waals surface area contributed by atoms with Gasteiger partial charge < -0.3 is 14.8 Å². The molecule has 1 unspecified atom stereocenters. The van der Waals surface area contributed by atoms with Crippen molar-refractivity contribution < 1.29 is 14.6 Å². The molecular formula is C27H33N3O3. The predicted molar refractivity (Wildman–Crippen MR) is 128 cm³/mol. The molecule has 0 amide bonds. The number of ether oxygens (including phenoxy) is 1. The van der Waals surface area contributed by atoms with Gasteiger partial charge in [0.15, 0.2) is 5.82 Å². The predicted octanol–water partition coefficient (Wildman–Crippen LogP) is 4.58. The van der Waals surface area contributed by atoms with E-state index < -0.39 is 5.60 Å². The van der Waals surface area contributed by atoms with Crippen LogP contribution in [0.25, 0.3) is 5.57 Å². The van der Waals surface area contributed by atoms with Crippen molar-refractivity contribution in [3.63, 3.8) is 0 Å². The number of pyridine rings is 1. The number of hydrogen-bond acceptors (Lipinski definition) is 5. The largest absolute Gasteiger partial charge is 0.383 e. The maximum Gasteiger partial charge on any atom is 0.202 e. The Labute approximate surface area is 195 Å². The number of nitrogens with one attached hydrogen (secondary N) is 1. The number of H-pyrrole nitrogens is 1. The fourth-order valence-electron chi connectivity index (χ4n) is 4.99. The molecule has 0 saturated carbocycles. The van der Waals surface area contributed by atoms with Gasteiger partial charge in [0.1, 0.15) is 11.3 Å². The van der Waals surface area contributed by atoms with Crippen molar-refractivity contribution in [1.82, 2.24) is 15.0 Å². The molecule has 1 saturated heterocycles. The third kappa shape index (κ3) is 5.10. The molecule has 1 aliphatic carbocycles. The first-order valence-electron chi connectivity index (χ1n) is 11.7. The Balaban J connectivity index is 1.71. The molecule has 174 valence electrons. The summed E-state index contributed by atoms with van der Waals surface area (Å²) in [6.07, 6.45) is 13.1. The van der Waals surface area contributed by atoms with Gasteiger partial charge in [-0.3, -0.25) is 4.79 Å². The smallest absolute Gasteiger partial charge is 0.202 e. The average Bonchev–Trinajstić information content (AvgIpc) is 3.23. The summed E-state index contributed by atoms with van der Waals surface area (Å²) in [6.45, 7) is 8.49. The molecule has 2 N–H and O–H groups in total. The van der Waals surface area contributed by atoms with Gasteiger partial charge in [-0.25, -0.2) is 9.97 Å². The van der Waals surface area contributed by atoms with E-state index in [2.05, 4.69) is 35.8 Å². The SMILES string of the molecule is C#Cc1cnc(C(=O)Cc2ccc(C3(O)C[C@@H](C)O[C@@H](C)C3)nc2C2=CCC(C)(C)CC2)[nH]1. The molecule has 1 fully saturated rings. The van der Waals surface area contributed by atoms with Crippen molar-refractivity contribution in [2.45, 2.75) is 84.0 Å². The zero-order chi connectivity index (χ0) is 23.8. The van der Waals surface area contributed by atoms with Crippen LogP contribution in [0.3, 0.4) is 0 Å². The minimum absolute atomic E-state index is 0.0516. The monoisotopic (exact) mass is 447 g/mol. The molecule has 1 aliphatic heterocycles. The summed E-state index contributed by atoms with van der Waals surface area (Å²) < 4.78 is 5.84. The molecule has 3 heterocycles. The van der Waals surface area contributed by atoms with Gasteiger partial charge >= 0.3 is 0 Å². The molecular weight excluding hydrogens is 414 g/mol. The van der Waals surface area contributed by atoms with E-state index >= 15 is 0 Å². The van der Waals surface area contributed by atoms with Gasteiger partial charge in [-0.15, -0.1) is 6.42 Å². The first-order chi connectivity index (χ1) is 15.6. The van der Waals surface area contributed by atoms with Crippen LogP contribution in [0.1, 0.15) is 93.1 Å². The zero-order valence-corrected chi connectivity index (χ0v) is 19.9. The van der Waals surface area contributed by atoms with Crippen molar-refractivity contribution in [3.05, 3.63) is 52.9 Å². The summed E-state index contributed by atoms with van der Waals surface area (Å²) in [6, 6.07) is 3.79. The maximum absolute atomic E-state index is 12.9. The second kappa shape index (κ2) is 8.89. The van der Waals surface area contributed by atoms with E-state index in [4.69, 9.17) is 16.1 Å². The molecule has 3 atom stereocenters. The number of carbonyl (C=O) groups excluding carboxylic acids is 1. The second-order valence-electron chi connectivity index (χ2n) is 10.4. The summed E-state index contributed by atoms with van der Waals surface area (Å²) in [5.74, 6) is 2.57. The highest BCUT2D eigenvalue weighted by atomic mass is 16.5. The van der Waals surface area contributed by atoms with Gasteiger partial charge in [-0.05, 0) is 55.7 Å². The molecule has 33 heavy (non-hydrogen) atoms. The van der Waals surface area contributed by atoms with Crippen molar-refractivity contribution in [3.8, 4) is 12.3 Å². The summed E-state index contributed by atoms with van der Waals surface area (Å²) in [4.78, 5) is 24.9. The standard InChI is InChI=1S/C27H33N3O3/c1-6-21-16-28-25(29-21)22(31)13-20-7-8-23(27(32)14-17(2)33-18(3)15-27)30-24(20)19-9-11-26(4,5)12-10-19/h1,7-9,16-18,32H,10-15H2,2-5H3,(H,28,29)/t17-,18+,27?. The Kier molecular flexibility index (Phi) is 6.30. The topological polar surface area (TPSA) is 88.1 Å². The molecule has 2 aromatic rings. The van der Waals surface area contributed by atoms with Crippen LogP contribution in [-0.2, 0) is 16.8 Å². The van der Waals surface area contributed by atoms with Crippen LogP contribution >= 0.6 is 0 Å². The van der Waals surface area contributed by atoms with Crippen molar-refractivity contribution in [2.75, 3.05) is 0 Å². The quantitative estimate of drug-likeness (QED) is 0.517. The maximum atomic E-state index is 12.9. The third-order valence-corrected chi connectivity index (χ3v) is 6.79. The van der Waals surface area contributed by atoms with Crippen LogP contribution in [0.4, 0.5) is 0 Å². The molecule has 2 aliphatic rings. The number of aliphatic hydroxyl groups is 1. The van der Waals surface area contributed by atoms with E-state index in [0.717, 1.165) is 36.1 Å². The number of aromatic amines is 1. The van der Waals surface area contributed by atoms with Crippen LogP contribution in [0, 0.1) is 17.8 Å². The number of terminal acetylenes is 1. The lowest BCUT2D eigenvalue weighted by molar-refractivity contribution is -0.137. The van der Waals surface area contributed by atoms with Crippen molar-refractivity contribution in [2.24, 2.45) is 5.41 Å². The van der Waals surface area contributed by atoms with E-state index in [0.29, 0.717) is 24.2 Å². The van der Waals surface area contributed by atoms with Crippen LogP contribution in [0.15, 0.2) is 24.4 Å². The fraction of sp³-hybridized carbons (Fsp3) is 0.519. The van der Waals surface area contributed by atoms with Gasteiger partial charge in [0.05, 0.1) is 29.8 Å². The van der Waals surface area contributed by atoms with Crippen LogP contribution in [0.2, 0.25) is 0 Å². The van der Waals surface area contributed by atoms with E-state index in [9.17, 15) is 9.90 Å². The summed E-state index contributed by atoms with van der Waals surface area (Å²) in [5, 5.41) is 11.5. The molecule has 6 nitrogen and oxygen atoms in total. The summed E-state index contributed by atoms with van der Waals surface area (Å²) in [7, 11) is 0. The van der Waals surface area contributed by atoms with Gasteiger partial charge in [0, 0.05) is 19.3 Å². The van der Waals surface area contributed by atoms with Crippen LogP contribution in [0.5, 0.6) is 0 Å². The molecule has 4 rings (SSSR count). The Morgan fingerprint density at radius 3 is 2.64 bits per heavy atom. The van der Waals surface area contributed by atoms with E-state index in [1.165, 1.54) is 6.20 Å². The van der Waals surface area contributed by atoms with E-state index in [1.54, 1.807) is 0 Å². The highest BCUT2D eigenvalue weighted by molar-refractivity contribution is 5.95. The lowest BCUT2D eigenvalue weighted by Gasteiger charge is -2.39. The zero-order valence-electron chi connectivity index (χ0n) is 19.9. The minimum Gasteiger partial charge on any atom is -0.383 e. The Hall–Kier alpha value is -2.75. The third-order valence-electron chi connectivity index (χ3n) is 6.79. The number of nitrogens with zero attached hydrogens (tertiary/aromatic N) is 2. The number of hydrogen-bond donors (Lipinski definition) is 2. The molecule has 0 bridgehead atoms. The van der Waals surface area contributed by atoms with Crippen LogP contribution < -0.4 is 0 Å². The van der Waals surface area contributed by atoms with E-state index in [1.807, 2.05) is 26.0 Å². The first-order valence-corrected chi connectivity index (χ1v) is 11.7. The number of aromatic nitrogens is 3. The summed E-state index contributed by atoms with van der Waals surface area (Å²) in [5.41, 5.74) is 3.11. The van der Waals surface area contributed by atoms with Gasteiger partial charge in [0.2, 0.25) is 5.78 Å². The molecule has 0 spiro atoms. The van der Waals surface area contributed by atoms with Crippen LogP contribution in [-0.4, -0.2) is 38.0 Å². The molecule has 0 radical (unpaired) electrons. The lowest BCUT2D eigenvalue weighted by Crippen LogP contribution is -2.42. The Bertz CT molecular complexity index is 1110. The normalized spacial score (nSPS) is 27.0. The van der Waals surface area contributed by atoms with Gasteiger partial charge in [-0.2, -0.15) is 0 Å². The highest BCUT2D eigenvalue weighted by Gasteiger charge is 2.40. The molecule has 6 heteroatoms. The first kappa shape index (κ1) is 23.4. The number of allylic oxidation sites excluding steroid dienone is 2. The second-order valence-corrected chi connectivity index (χ2v) is 10.4. The van der Waals surface area contributed by atoms with Gasteiger partial charge in [0.25, 0.3) is 0 Å². The fourth-order valence-corrected chi connectivity index (χ4v) is 4.99. The number of rotatable bonds is 5. The van der Waals surface area contributed by atoms with E-state index in [-0.39, 0.29) is 35.7 Å². The van der Waals surface area contributed by atoms with Crippen molar-refractivity contribution in [1.29, 1.82) is 0 Å². The van der Waals surface area contributed by atoms with Crippen molar-refractivity contribution >= 4 is 11.4 Å². The Morgan fingerprint density at radius 2 is 2.03 bits per heavy atom. The lowest BCUT2D eigenvalue weighted by atomic mass is 9.77. The molecule has 0 aromatic carbocycles. The number of carbonyl (C=O) groups is 1. The van der Waals surface area contributed by atoms with Gasteiger partial charge in [-0.1, -0.05) is 31.9 Å². The number of ketones is 1. The highest BCUT2D eigenvalue weighted by Crippen LogP contribution is 2.41. The minimum atomic E-state index is -1.05.